The van der Waals surface area contributed by atoms with Crippen LogP contribution in [0.1, 0.15) is 30.5 Å². The molecule has 1 aromatic rings. The number of nitrogens with one attached hydrogen (secondary N) is 1. The van der Waals surface area contributed by atoms with Crippen LogP contribution in [0.25, 0.3) is 0 Å². The van der Waals surface area contributed by atoms with Crippen molar-refractivity contribution in [3.05, 3.63) is 48.0 Å². The van der Waals surface area contributed by atoms with Gasteiger partial charge in [0.15, 0.2) is 0 Å². The molecule has 94 valence electrons. The van der Waals surface area contributed by atoms with Crippen molar-refractivity contribution in [2.24, 2.45) is 5.73 Å². The maximum atomic E-state index is 11.7. The molecule has 0 bridgehead atoms. The molecule has 0 aliphatic carbocycles. The number of nitriles is 1. The zero-order valence-corrected chi connectivity index (χ0v) is 10.4. The van der Waals surface area contributed by atoms with Gasteiger partial charge in [-0.05, 0) is 31.0 Å². The molecular weight excluding hydrogens is 226 g/mol. The van der Waals surface area contributed by atoms with Crippen LogP contribution in [0.3, 0.4) is 0 Å². The number of carbonyl (C=O) groups is 1. The fourth-order valence-electron chi connectivity index (χ4n) is 1.54. The summed E-state index contributed by atoms with van der Waals surface area (Å²) in [5.41, 5.74) is 7.21. The van der Waals surface area contributed by atoms with E-state index >= 15 is 0 Å². The van der Waals surface area contributed by atoms with Crippen LogP contribution in [0.5, 0.6) is 0 Å². The molecule has 0 spiro atoms. The van der Waals surface area contributed by atoms with E-state index < -0.39 is 6.04 Å². The van der Waals surface area contributed by atoms with Crippen LogP contribution >= 0.6 is 0 Å². The summed E-state index contributed by atoms with van der Waals surface area (Å²) in [7, 11) is 0. The van der Waals surface area contributed by atoms with Gasteiger partial charge in [0, 0.05) is 0 Å². The number of rotatable bonds is 5. The van der Waals surface area contributed by atoms with Crippen LogP contribution < -0.4 is 11.1 Å². The largest absolute Gasteiger partial charge is 0.348 e. The Morgan fingerprint density at radius 2 is 2.17 bits per heavy atom. The lowest BCUT2D eigenvalue weighted by atomic mass is 10.1. The summed E-state index contributed by atoms with van der Waals surface area (Å²) < 4.78 is 0. The number of benzene rings is 1. The van der Waals surface area contributed by atoms with E-state index in [1.54, 1.807) is 18.2 Å². The molecule has 4 heteroatoms. The molecule has 0 radical (unpaired) electrons. The molecule has 18 heavy (non-hydrogen) atoms. The van der Waals surface area contributed by atoms with Crippen molar-refractivity contribution in [1.29, 1.82) is 5.26 Å². The topological polar surface area (TPSA) is 78.9 Å². The summed E-state index contributed by atoms with van der Waals surface area (Å²) in [6.07, 6.45) is 2.07. The molecule has 1 rings (SSSR count). The summed E-state index contributed by atoms with van der Waals surface area (Å²) in [6.45, 7) is 5.42. The van der Waals surface area contributed by atoms with Gasteiger partial charge in [-0.2, -0.15) is 5.26 Å². The predicted molar refractivity (Wildman–Crippen MR) is 70.5 cm³/mol. The van der Waals surface area contributed by atoms with Gasteiger partial charge in [0.25, 0.3) is 0 Å². The van der Waals surface area contributed by atoms with Gasteiger partial charge in [-0.15, -0.1) is 6.58 Å². The second-order valence-corrected chi connectivity index (χ2v) is 4.09. The molecule has 0 fully saturated rings. The average molecular weight is 243 g/mol. The van der Waals surface area contributed by atoms with Crippen molar-refractivity contribution in [2.75, 3.05) is 0 Å². The molecular formula is C14H17N3O. The molecule has 1 amide bonds. The van der Waals surface area contributed by atoms with E-state index in [-0.39, 0.29) is 11.9 Å². The number of hydrogen-bond acceptors (Lipinski definition) is 3. The summed E-state index contributed by atoms with van der Waals surface area (Å²) in [4.78, 5) is 11.7. The summed E-state index contributed by atoms with van der Waals surface area (Å²) >= 11 is 0. The average Bonchev–Trinajstić information content (AvgIpc) is 2.39. The fourth-order valence-corrected chi connectivity index (χ4v) is 1.54. The quantitative estimate of drug-likeness (QED) is 0.771. The van der Waals surface area contributed by atoms with E-state index in [2.05, 4.69) is 18.0 Å². The lowest BCUT2D eigenvalue weighted by Crippen LogP contribution is -2.41. The normalized spacial score (nSPS) is 13.2. The molecule has 2 atom stereocenters. The molecule has 0 saturated carbocycles. The molecule has 0 aliphatic rings. The van der Waals surface area contributed by atoms with E-state index in [0.29, 0.717) is 12.0 Å². The molecule has 0 saturated heterocycles. The Bertz CT molecular complexity index is 459. The molecule has 0 heterocycles. The third-order valence-electron chi connectivity index (χ3n) is 2.66. The van der Waals surface area contributed by atoms with Crippen LogP contribution in [0, 0.1) is 11.3 Å². The highest BCUT2D eigenvalue weighted by Crippen LogP contribution is 2.13. The SMILES string of the molecule is C=CCC(N)C(=O)NC(C)c1ccc(C#N)cc1. The Morgan fingerprint density at radius 3 is 2.67 bits per heavy atom. The second kappa shape index (κ2) is 6.58. The van der Waals surface area contributed by atoms with Gasteiger partial charge < -0.3 is 11.1 Å². The zero-order valence-electron chi connectivity index (χ0n) is 10.4. The van der Waals surface area contributed by atoms with Crippen molar-refractivity contribution in [3.63, 3.8) is 0 Å². The Morgan fingerprint density at radius 1 is 1.56 bits per heavy atom. The third-order valence-corrected chi connectivity index (χ3v) is 2.66. The van der Waals surface area contributed by atoms with Crippen LogP contribution in [-0.2, 0) is 4.79 Å². The van der Waals surface area contributed by atoms with E-state index in [1.165, 1.54) is 0 Å². The molecule has 0 aliphatic heterocycles. The monoisotopic (exact) mass is 243 g/mol. The standard InChI is InChI=1S/C14H17N3O/c1-3-4-13(16)14(18)17-10(2)12-7-5-11(9-15)6-8-12/h3,5-8,10,13H,1,4,16H2,2H3,(H,17,18). The first-order valence-corrected chi connectivity index (χ1v) is 5.75. The van der Waals surface area contributed by atoms with Crippen LogP contribution in [0.4, 0.5) is 0 Å². The van der Waals surface area contributed by atoms with Crippen molar-refractivity contribution in [2.45, 2.75) is 25.4 Å². The van der Waals surface area contributed by atoms with E-state index in [4.69, 9.17) is 11.0 Å². The minimum Gasteiger partial charge on any atom is -0.348 e. The van der Waals surface area contributed by atoms with Gasteiger partial charge in [-0.1, -0.05) is 18.2 Å². The fraction of sp³-hybridized carbons (Fsp3) is 0.286. The van der Waals surface area contributed by atoms with Crippen molar-refractivity contribution in [1.82, 2.24) is 5.32 Å². The zero-order chi connectivity index (χ0) is 13.5. The first-order valence-electron chi connectivity index (χ1n) is 5.75. The number of carbonyl (C=O) groups excluding carboxylic acids is 1. The molecule has 2 unspecified atom stereocenters. The van der Waals surface area contributed by atoms with Gasteiger partial charge in [0.05, 0.1) is 23.7 Å². The number of amides is 1. The highest BCUT2D eigenvalue weighted by atomic mass is 16.2. The van der Waals surface area contributed by atoms with Gasteiger partial charge in [-0.25, -0.2) is 0 Å². The lowest BCUT2D eigenvalue weighted by molar-refractivity contribution is -0.122. The number of nitrogens with two attached hydrogens (primary N) is 1. The van der Waals surface area contributed by atoms with E-state index in [0.717, 1.165) is 5.56 Å². The van der Waals surface area contributed by atoms with Gasteiger partial charge in [-0.3, -0.25) is 4.79 Å². The maximum Gasteiger partial charge on any atom is 0.237 e. The smallest absolute Gasteiger partial charge is 0.237 e. The van der Waals surface area contributed by atoms with Gasteiger partial charge in [0.1, 0.15) is 0 Å². The van der Waals surface area contributed by atoms with Crippen molar-refractivity contribution < 1.29 is 4.79 Å². The van der Waals surface area contributed by atoms with Gasteiger partial charge >= 0.3 is 0 Å². The highest BCUT2D eigenvalue weighted by Gasteiger charge is 2.15. The lowest BCUT2D eigenvalue weighted by Gasteiger charge is -2.17. The molecule has 3 N–H and O–H groups in total. The Hall–Kier alpha value is -2.12. The molecule has 4 nitrogen and oxygen atoms in total. The summed E-state index contributed by atoms with van der Waals surface area (Å²) in [6, 6.07) is 8.44. The van der Waals surface area contributed by atoms with Crippen LogP contribution in [-0.4, -0.2) is 11.9 Å². The van der Waals surface area contributed by atoms with Crippen molar-refractivity contribution >= 4 is 5.91 Å². The minimum atomic E-state index is -0.566. The molecule has 0 aromatic heterocycles. The Kier molecular flexibility index (Phi) is 5.09. The molecule has 1 aromatic carbocycles. The predicted octanol–water partition coefficient (Wildman–Crippen LogP) is 1.64. The van der Waals surface area contributed by atoms with Crippen LogP contribution in [0.2, 0.25) is 0 Å². The Balaban J connectivity index is 2.64. The summed E-state index contributed by atoms with van der Waals surface area (Å²) in [5, 5.41) is 11.5. The second-order valence-electron chi connectivity index (χ2n) is 4.09. The third kappa shape index (κ3) is 3.72. The Labute approximate surface area is 107 Å². The highest BCUT2D eigenvalue weighted by molar-refractivity contribution is 5.82. The summed E-state index contributed by atoms with van der Waals surface area (Å²) in [5.74, 6) is -0.202. The first kappa shape index (κ1) is 13.9. The first-order chi connectivity index (χ1) is 8.58. The van der Waals surface area contributed by atoms with Gasteiger partial charge in [0.2, 0.25) is 5.91 Å². The van der Waals surface area contributed by atoms with E-state index in [1.807, 2.05) is 19.1 Å². The van der Waals surface area contributed by atoms with Crippen LogP contribution in [0.15, 0.2) is 36.9 Å². The number of nitrogens with zero attached hydrogens (tertiary/aromatic N) is 1. The van der Waals surface area contributed by atoms with Crippen molar-refractivity contribution in [3.8, 4) is 6.07 Å². The minimum absolute atomic E-state index is 0.138. The maximum absolute atomic E-state index is 11.7. The number of hydrogen-bond donors (Lipinski definition) is 2. The van der Waals surface area contributed by atoms with E-state index in [9.17, 15) is 4.79 Å².